The van der Waals surface area contributed by atoms with Gasteiger partial charge in [0.1, 0.15) is 29.6 Å². The number of likely N-dealkylation sites (N-methyl/N-ethyl adjacent to an activating group) is 1. The maximum atomic E-state index is 14.2. The maximum Gasteiger partial charge on any atom is 0.327 e. The molecule has 65 heavy (non-hydrogen) atoms. The van der Waals surface area contributed by atoms with Gasteiger partial charge in [0.25, 0.3) is 0 Å². The van der Waals surface area contributed by atoms with Crippen molar-refractivity contribution < 1.29 is 82.7 Å². The van der Waals surface area contributed by atoms with Crippen molar-refractivity contribution in [1.82, 2.24) is 10.2 Å². The Labute approximate surface area is 390 Å². The molecule has 19 atom stereocenters. The van der Waals surface area contributed by atoms with Crippen LogP contribution in [0.3, 0.4) is 0 Å². The van der Waals surface area contributed by atoms with Gasteiger partial charge >= 0.3 is 17.9 Å². The summed E-state index contributed by atoms with van der Waals surface area (Å²) < 4.78 is 43.6. The predicted octanol–water partition coefficient (Wildman–Crippen LogP) is 2.25. The number of cyclic esters (lactones) is 1. The number of thiol groups is 1. The molecule has 3 aliphatic rings. The Morgan fingerprint density at radius 1 is 0.923 bits per heavy atom. The predicted molar refractivity (Wildman–Crippen MR) is 240 cm³/mol. The van der Waals surface area contributed by atoms with Crippen molar-refractivity contribution in [3.8, 4) is 0 Å². The fourth-order valence-corrected chi connectivity index (χ4v) is 9.43. The standard InChI is InChI=1S/C40H71NO14.C5H9NO3S/c1-15-27-40(11,48)33(44)22(5)30(43)20(3)18-38(9,47)35(55-37-32(53-28(42)16-2)26(41(12)13)17-21(4)50-37)23(6)31(24(7)36(46)52-27)54-29-19-39(10,49-14)34(45)25(8)51-29;1-3(7)6-4(2-10)5(8)9/h20-27,29,31-35,37,44-45,47-48H,15-19H2,1-14H3;4,10H,2H2,1H3,(H,6,7)(H,8,9)/t20-,21-,22+,23+,24-,25+,26+,27-,29?,31+,32-,33-,34+,35-,37?,38-,39-,40-;4-/m10/s1. The number of carbonyl (C=O) groups excluding carboxylic acids is 4. The minimum Gasteiger partial charge on any atom is -0.480 e. The molecule has 3 saturated heterocycles. The van der Waals surface area contributed by atoms with Crippen LogP contribution in [0.4, 0.5) is 0 Å². The number of amides is 1. The quantitative estimate of drug-likeness (QED) is 0.109. The number of carbonyl (C=O) groups is 5. The van der Waals surface area contributed by atoms with E-state index in [2.05, 4.69) is 17.9 Å². The highest BCUT2D eigenvalue weighted by Gasteiger charge is 2.54. The Bertz CT molecular complexity index is 1580. The number of nitrogens with one attached hydrogen (secondary N) is 1. The van der Waals surface area contributed by atoms with Crippen molar-refractivity contribution in [2.24, 2.45) is 23.7 Å². The van der Waals surface area contributed by atoms with E-state index in [1.54, 1.807) is 48.5 Å². The molecule has 3 aliphatic heterocycles. The van der Waals surface area contributed by atoms with Crippen molar-refractivity contribution in [2.45, 2.75) is 205 Å². The molecule has 3 heterocycles. The number of aliphatic hydroxyl groups is 4. The van der Waals surface area contributed by atoms with Crippen LogP contribution in [0.25, 0.3) is 0 Å². The number of nitrogens with zero attached hydrogens (tertiary/aromatic N) is 1. The van der Waals surface area contributed by atoms with Crippen molar-refractivity contribution in [1.29, 1.82) is 0 Å². The summed E-state index contributed by atoms with van der Waals surface area (Å²) >= 11 is 3.73. The Hall–Kier alpha value is -2.50. The molecule has 2 unspecified atom stereocenters. The normalized spacial score (nSPS) is 41.5. The number of rotatable bonds is 12. The molecule has 0 aliphatic carbocycles. The SMILES string of the molecule is CC(=O)N[C@@H](CS)C(=O)O.CCC(=O)O[C@H]1C(O[C@@H]2[C@@H](C)[C@H](OC3C[C@@](C)(OC)[C@@H](O)[C@H](C)O3)[C@@H](C)C(=O)O[C@H](CC)[C@@](C)(O)[C@H](O)[C@@H](C)C(=O)[C@H](C)C[C@@]2(C)O)O[C@H](C)C[C@@H]1N(C)C. The molecule has 0 spiro atoms. The van der Waals surface area contributed by atoms with E-state index in [-0.39, 0.29) is 49.5 Å². The van der Waals surface area contributed by atoms with Crippen LogP contribution in [0.5, 0.6) is 0 Å². The number of hydrogen-bond acceptors (Lipinski definition) is 18. The number of aliphatic carboxylic acids is 1. The smallest absolute Gasteiger partial charge is 0.327 e. The Morgan fingerprint density at radius 2 is 1.52 bits per heavy atom. The lowest BCUT2D eigenvalue weighted by molar-refractivity contribution is -0.319. The Kier molecular flexibility index (Phi) is 22.3. The van der Waals surface area contributed by atoms with Gasteiger partial charge < -0.3 is 68.9 Å². The van der Waals surface area contributed by atoms with Gasteiger partial charge in [-0.1, -0.05) is 34.6 Å². The van der Waals surface area contributed by atoms with Crippen molar-refractivity contribution in [2.75, 3.05) is 27.0 Å². The summed E-state index contributed by atoms with van der Waals surface area (Å²) in [7, 11) is 5.21. The van der Waals surface area contributed by atoms with Gasteiger partial charge in [-0.05, 0) is 74.9 Å². The van der Waals surface area contributed by atoms with E-state index in [1.165, 1.54) is 34.8 Å². The third-order valence-electron chi connectivity index (χ3n) is 13.2. The molecule has 0 aromatic heterocycles. The van der Waals surface area contributed by atoms with Crippen LogP contribution >= 0.6 is 12.6 Å². The lowest BCUT2D eigenvalue weighted by atomic mass is 9.74. The minimum atomic E-state index is -2.01. The molecule has 19 nitrogen and oxygen atoms in total. The Balaban J connectivity index is 0.00000129. The second-order valence-corrected chi connectivity index (χ2v) is 19.4. The number of ether oxygens (including phenoxy) is 7. The number of methoxy groups -OCH3 is 1. The van der Waals surface area contributed by atoms with Crippen LogP contribution in [0.2, 0.25) is 0 Å². The first-order chi connectivity index (χ1) is 29.9. The molecule has 3 fully saturated rings. The summed E-state index contributed by atoms with van der Waals surface area (Å²) in [6, 6.07) is -1.19. The average Bonchev–Trinajstić information content (AvgIpc) is 3.23. The minimum absolute atomic E-state index is 0.0760. The molecule has 0 aromatic carbocycles. The zero-order valence-corrected chi connectivity index (χ0v) is 41.9. The van der Waals surface area contributed by atoms with Gasteiger partial charge in [0.2, 0.25) is 5.91 Å². The Morgan fingerprint density at radius 3 is 2.00 bits per heavy atom. The molecular weight excluding hydrogens is 873 g/mol. The first kappa shape index (κ1) is 58.6. The van der Waals surface area contributed by atoms with Gasteiger partial charge in [0, 0.05) is 50.4 Å². The van der Waals surface area contributed by atoms with E-state index >= 15 is 0 Å². The third-order valence-corrected chi connectivity index (χ3v) is 13.6. The van der Waals surface area contributed by atoms with Crippen molar-refractivity contribution >= 4 is 42.2 Å². The fourth-order valence-electron chi connectivity index (χ4n) is 9.19. The summed E-state index contributed by atoms with van der Waals surface area (Å²) in [6.07, 6.45) is -9.68. The molecular formula is C45H80N2O17S. The number of ketones is 1. The number of hydrogen-bond donors (Lipinski definition) is 7. The van der Waals surface area contributed by atoms with Gasteiger partial charge in [0.15, 0.2) is 18.7 Å². The van der Waals surface area contributed by atoms with E-state index in [0.29, 0.717) is 6.42 Å². The second-order valence-electron chi connectivity index (χ2n) is 19.1. The molecule has 3 rings (SSSR count). The zero-order valence-electron chi connectivity index (χ0n) is 41.0. The molecule has 20 heteroatoms. The molecule has 0 saturated carbocycles. The highest BCUT2D eigenvalue weighted by atomic mass is 32.1. The highest BCUT2D eigenvalue weighted by molar-refractivity contribution is 7.80. The van der Waals surface area contributed by atoms with Gasteiger partial charge in [-0.15, -0.1) is 0 Å². The summed E-state index contributed by atoms with van der Waals surface area (Å²) in [5.74, 6) is -6.91. The van der Waals surface area contributed by atoms with Crippen LogP contribution in [-0.2, 0) is 57.1 Å². The summed E-state index contributed by atoms with van der Waals surface area (Å²) in [5, 5.41) is 57.1. The maximum absolute atomic E-state index is 14.2. The molecule has 1 amide bonds. The lowest BCUT2D eigenvalue weighted by Gasteiger charge is -2.49. The van der Waals surface area contributed by atoms with E-state index in [9.17, 15) is 44.4 Å². The summed E-state index contributed by atoms with van der Waals surface area (Å²) in [5.41, 5.74) is -4.92. The average molecular weight is 953 g/mol. The molecule has 6 N–H and O–H groups in total. The number of Topliss-reactive ketones (excluding diaryl/α,β-unsaturated/α-hetero) is 1. The zero-order chi connectivity index (χ0) is 50.1. The van der Waals surface area contributed by atoms with Crippen LogP contribution < -0.4 is 5.32 Å². The first-order valence-corrected chi connectivity index (χ1v) is 23.3. The molecule has 378 valence electrons. The van der Waals surface area contributed by atoms with Crippen LogP contribution in [0, 0.1) is 23.7 Å². The summed E-state index contributed by atoms with van der Waals surface area (Å²) in [4.78, 5) is 63.4. The van der Waals surface area contributed by atoms with Crippen LogP contribution in [0.1, 0.15) is 115 Å². The van der Waals surface area contributed by atoms with E-state index in [0.717, 1.165) is 0 Å². The molecule has 0 aromatic rings. The largest absolute Gasteiger partial charge is 0.480 e. The van der Waals surface area contributed by atoms with Crippen LogP contribution in [-0.4, -0.2) is 177 Å². The van der Waals surface area contributed by atoms with Gasteiger partial charge in [-0.2, -0.15) is 12.6 Å². The molecule has 0 bridgehead atoms. The van der Waals surface area contributed by atoms with E-state index < -0.39 is 126 Å². The second kappa shape index (κ2) is 24.7. The van der Waals surface area contributed by atoms with Gasteiger partial charge in [0.05, 0.1) is 53.7 Å². The lowest BCUT2D eigenvalue weighted by Crippen LogP contribution is -2.61. The molecule has 0 radical (unpaired) electrons. The van der Waals surface area contributed by atoms with E-state index in [4.69, 9.17) is 38.3 Å². The summed E-state index contributed by atoms with van der Waals surface area (Å²) in [6.45, 7) is 19.3. The first-order valence-electron chi connectivity index (χ1n) is 22.6. The topological polar surface area (TPSA) is 266 Å². The fraction of sp³-hybridized carbons (Fsp3) is 0.889. The monoisotopic (exact) mass is 953 g/mol. The van der Waals surface area contributed by atoms with Crippen molar-refractivity contribution in [3.63, 3.8) is 0 Å². The number of aliphatic hydroxyl groups excluding tert-OH is 2. The van der Waals surface area contributed by atoms with Gasteiger partial charge in [-0.25, -0.2) is 4.79 Å². The highest BCUT2D eigenvalue weighted by Crippen LogP contribution is 2.41. The van der Waals surface area contributed by atoms with Crippen molar-refractivity contribution in [3.05, 3.63) is 0 Å². The number of esters is 2. The van der Waals surface area contributed by atoms with Crippen LogP contribution in [0.15, 0.2) is 0 Å². The van der Waals surface area contributed by atoms with E-state index in [1.807, 2.05) is 25.9 Å². The number of carboxylic acids is 1. The van der Waals surface area contributed by atoms with Gasteiger partial charge in [-0.3, -0.25) is 19.2 Å². The third kappa shape index (κ3) is 15.0. The number of carboxylic acid groups (broad SMARTS) is 1.